The van der Waals surface area contributed by atoms with E-state index in [4.69, 9.17) is 9.47 Å². The zero-order chi connectivity index (χ0) is 24.5. The van der Waals surface area contributed by atoms with Crippen molar-refractivity contribution < 1.29 is 23.9 Å². The van der Waals surface area contributed by atoms with Crippen molar-refractivity contribution in [3.05, 3.63) is 77.4 Å². The molecule has 1 aliphatic heterocycles. The molecule has 0 saturated carbocycles. The molecular formula is C27H30N2O5. The van der Waals surface area contributed by atoms with Gasteiger partial charge in [0.2, 0.25) is 0 Å². The second-order valence-electron chi connectivity index (χ2n) is 8.21. The number of ketones is 1. The van der Waals surface area contributed by atoms with Gasteiger partial charge in [-0.25, -0.2) is 9.59 Å². The lowest BCUT2D eigenvalue weighted by Crippen LogP contribution is -2.87. The molecule has 1 saturated heterocycles. The van der Waals surface area contributed by atoms with Crippen LogP contribution in [0.25, 0.3) is 5.57 Å². The topological polar surface area (TPSA) is 76.2 Å². The van der Waals surface area contributed by atoms with Crippen LogP contribution < -0.4 is 0 Å². The van der Waals surface area contributed by atoms with Gasteiger partial charge in [0.05, 0.1) is 13.2 Å². The second-order valence-corrected chi connectivity index (χ2v) is 8.21. The molecule has 1 aliphatic carbocycles. The molecule has 34 heavy (non-hydrogen) atoms. The van der Waals surface area contributed by atoms with E-state index >= 15 is 0 Å². The first-order valence-electron chi connectivity index (χ1n) is 11.8. The number of benzene rings is 2. The number of carbonyl (C=O) groups excluding carboxylic acids is 3. The minimum Gasteiger partial charge on any atom is -0.448 e. The van der Waals surface area contributed by atoms with Crippen molar-refractivity contribution >= 4 is 23.5 Å². The zero-order valence-electron chi connectivity index (χ0n) is 20.0. The summed E-state index contributed by atoms with van der Waals surface area (Å²) >= 11 is 0. The first-order chi connectivity index (χ1) is 16.5. The largest absolute Gasteiger partial charge is 0.448 e. The predicted molar refractivity (Wildman–Crippen MR) is 128 cm³/mol. The van der Waals surface area contributed by atoms with Crippen LogP contribution in [0.1, 0.15) is 51.7 Å². The predicted octanol–water partition coefficient (Wildman–Crippen LogP) is 5.32. The number of nitrogens with zero attached hydrogens (tertiary/aromatic N) is 2. The molecule has 4 rings (SSSR count). The first kappa shape index (κ1) is 23.5. The van der Waals surface area contributed by atoms with Gasteiger partial charge in [0.15, 0.2) is 16.9 Å². The van der Waals surface area contributed by atoms with Crippen LogP contribution in [0.3, 0.4) is 0 Å². The van der Waals surface area contributed by atoms with Crippen molar-refractivity contribution in [2.24, 2.45) is 0 Å². The van der Waals surface area contributed by atoms with Crippen molar-refractivity contribution in [1.29, 1.82) is 0 Å². The molecule has 178 valence electrons. The summed E-state index contributed by atoms with van der Waals surface area (Å²) in [5.74, 6) is -0.172. The van der Waals surface area contributed by atoms with Gasteiger partial charge in [0.25, 0.3) is 0 Å². The third kappa shape index (κ3) is 2.85. The van der Waals surface area contributed by atoms with Crippen LogP contribution in [0.4, 0.5) is 9.59 Å². The van der Waals surface area contributed by atoms with Crippen LogP contribution in [-0.4, -0.2) is 46.7 Å². The third-order valence-electron chi connectivity index (χ3n) is 6.79. The Hall–Kier alpha value is -3.61. The third-order valence-corrected chi connectivity index (χ3v) is 6.79. The number of fused-ring (bicyclic) bond motifs is 1. The van der Waals surface area contributed by atoms with Crippen LogP contribution in [0.2, 0.25) is 0 Å². The number of amides is 2. The lowest BCUT2D eigenvalue weighted by molar-refractivity contribution is -0.244. The Morgan fingerprint density at radius 3 is 1.82 bits per heavy atom. The Morgan fingerprint density at radius 2 is 1.32 bits per heavy atom. The average molecular weight is 463 g/mol. The average Bonchev–Trinajstić information content (AvgIpc) is 3.02. The van der Waals surface area contributed by atoms with Gasteiger partial charge in [-0.3, -0.25) is 4.79 Å². The number of hydrazine groups is 1. The van der Waals surface area contributed by atoms with Gasteiger partial charge in [-0.05, 0) is 37.8 Å². The fraction of sp³-hybridized carbons (Fsp3) is 0.370. The minimum absolute atomic E-state index is 0.109. The molecule has 7 heteroatoms. The molecule has 0 aromatic heterocycles. The van der Waals surface area contributed by atoms with Crippen LogP contribution >= 0.6 is 0 Å². The molecule has 2 amide bonds. The quantitative estimate of drug-likeness (QED) is 0.581. The van der Waals surface area contributed by atoms with Crippen molar-refractivity contribution in [3.63, 3.8) is 0 Å². The van der Waals surface area contributed by atoms with E-state index in [1.54, 1.807) is 13.8 Å². The molecule has 0 bridgehead atoms. The normalized spacial score (nSPS) is 23.5. The summed E-state index contributed by atoms with van der Waals surface area (Å²) in [7, 11) is 0. The van der Waals surface area contributed by atoms with E-state index in [0.717, 1.165) is 16.7 Å². The van der Waals surface area contributed by atoms with Gasteiger partial charge < -0.3 is 9.47 Å². The molecule has 0 N–H and O–H groups in total. The van der Waals surface area contributed by atoms with Gasteiger partial charge in [0.1, 0.15) is 0 Å². The number of ether oxygens (including phenoxy) is 2. The number of hydrogen-bond acceptors (Lipinski definition) is 5. The van der Waals surface area contributed by atoms with Crippen LogP contribution in [0.15, 0.2) is 66.2 Å². The summed E-state index contributed by atoms with van der Waals surface area (Å²) in [4.78, 5) is 41.1. The molecule has 0 radical (unpaired) electrons. The number of Topliss-reactive ketones (excluding diaryl/α,β-unsaturated/α-hetero) is 1. The van der Waals surface area contributed by atoms with Crippen molar-refractivity contribution in [2.45, 2.75) is 51.6 Å². The van der Waals surface area contributed by atoms with E-state index in [9.17, 15) is 14.4 Å². The fourth-order valence-electron chi connectivity index (χ4n) is 5.66. The summed E-state index contributed by atoms with van der Waals surface area (Å²) in [6.07, 6.45) is -0.716. The van der Waals surface area contributed by atoms with Crippen LogP contribution in [-0.2, 0) is 19.8 Å². The lowest BCUT2D eigenvalue weighted by atomic mass is 9.63. The van der Waals surface area contributed by atoms with E-state index in [2.05, 4.69) is 0 Å². The van der Waals surface area contributed by atoms with Crippen LogP contribution in [0, 0.1) is 0 Å². The Kier molecular flexibility index (Phi) is 6.21. The Balaban J connectivity index is 2.12. The number of carbonyl (C=O) groups is 3. The molecule has 7 nitrogen and oxygen atoms in total. The Morgan fingerprint density at radius 1 is 0.794 bits per heavy atom. The molecule has 2 aliphatic rings. The van der Waals surface area contributed by atoms with Gasteiger partial charge >= 0.3 is 12.2 Å². The van der Waals surface area contributed by atoms with Gasteiger partial charge in [-0.15, -0.1) is 0 Å². The molecule has 0 spiro atoms. The zero-order valence-corrected chi connectivity index (χ0v) is 20.0. The first-order valence-corrected chi connectivity index (χ1v) is 11.8. The van der Waals surface area contributed by atoms with E-state index in [1.807, 2.05) is 74.5 Å². The standard InChI is InChI=1S/C27H30N2O5/c1-5-21-22(19-15-11-9-12-16-19)27(20-17-13-10-14-18-20)26(6-2,23(21)30)28(24(31)33-7-3)29(27)25(32)34-8-4/h9-18H,5-8H2,1-4H3. The molecule has 2 aromatic rings. The minimum atomic E-state index is -1.36. The second kappa shape index (κ2) is 8.97. The highest BCUT2D eigenvalue weighted by atomic mass is 16.6. The van der Waals surface area contributed by atoms with E-state index in [-0.39, 0.29) is 25.4 Å². The maximum atomic E-state index is 14.3. The molecule has 2 unspecified atom stereocenters. The smallest absolute Gasteiger partial charge is 0.430 e. The summed E-state index contributed by atoms with van der Waals surface area (Å²) in [6.45, 7) is 7.42. The summed E-state index contributed by atoms with van der Waals surface area (Å²) in [6, 6.07) is 19.0. The van der Waals surface area contributed by atoms with Crippen molar-refractivity contribution in [3.8, 4) is 0 Å². The van der Waals surface area contributed by atoms with Crippen LogP contribution in [0.5, 0.6) is 0 Å². The summed E-state index contributed by atoms with van der Waals surface area (Å²) < 4.78 is 10.8. The molecule has 2 atom stereocenters. The molecule has 2 aromatic carbocycles. The monoisotopic (exact) mass is 462 g/mol. The van der Waals surface area contributed by atoms with Gasteiger partial charge in [-0.1, -0.05) is 74.5 Å². The molecule has 1 heterocycles. The van der Waals surface area contributed by atoms with Crippen molar-refractivity contribution in [2.75, 3.05) is 13.2 Å². The molecule has 1 fully saturated rings. The highest BCUT2D eigenvalue weighted by Gasteiger charge is 2.82. The lowest BCUT2D eigenvalue weighted by Gasteiger charge is -2.67. The number of rotatable bonds is 6. The SMILES string of the molecule is CCOC(=O)N1N(C(=O)OCC)C2(c3ccccc3)C(c3ccccc3)=C(CC)C(=O)C12CC. The van der Waals surface area contributed by atoms with E-state index in [0.29, 0.717) is 12.0 Å². The van der Waals surface area contributed by atoms with E-state index in [1.165, 1.54) is 10.0 Å². The van der Waals surface area contributed by atoms with E-state index < -0.39 is 23.3 Å². The highest BCUT2D eigenvalue weighted by molar-refractivity contribution is 6.20. The van der Waals surface area contributed by atoms with Gasteiger partial charge in [0, 0.05) is 11.1 Å². The highest BCUT2D eigenvalue weighted by Crippen LogP contribution is 2.67. The Bertz CT molecular complexity index is 1130. The maximum Gasteiger partial charge on any atom is 0.430 e. The summed E-state index contributed by atoms with van der Waals surface area (Å²) in [5.41, 5.74) is 0.265. The fourth-order valence-corrected chi connectivity index (χ4v) is 5.66. The number of hydrogen-bond donors (Lipinski definition) is 0. The summed E-state index contributed by atoms with van der Waals surface area (Å²) in [5, 5.41) is 2.49. The Labute approximate surface area is 199 Å². The maximum absolute atomic E-state index is 14.3. The molecular weight excluding hydrogens is 432 g/mol. The van der Waals surface area contributed by atoms with Crippen molar-refractivity contribution in [1.82, 2.24) is 10.0 Å². The van der Waals surface area contributed by atoms with Gasteiger partial charge in [-0.2, -0.15) is 10.0 Å².